The van der Waals surface area contributed by atoms with Crippen LogP contribution in [0.25, 0.3) is 5.69 Å². The lowest BCUT2D eigenvalue weighted by atomic mass is 10.2. The second-order valence-electron chi connectivity index (χ2n) is 6.75. The first kappa shape index (κ1) is 17.8. The average molecular weight is 351 g/mol. The summed E-state index contributed by atoms with van der Waals surface area (Å²) < 4.78 is 1.89. The Morgan fingerprint density at radius 3 is 2.50 bits per heavy atom. The largest absolute Gasteiger partial charge is 0.350 e. The highest BCUT2D eigenvalue weighted by atomic mass is 15.3. The highest BCUT2D eigenvalue weighted by molar-refractivity contribution is 5.43. The van der Waals surface area contributed by atoms with E-state index in [0.29, 0.717) is 18.4 Å². The van der Waals surface area contributed by atoms with Crippen molar-refractivity contribution in [1.29, 1.82) is 0 Å². The van der Waals surface area contributed by atoms with E-state index in [-0.39, 0.29) is 5.92 Å². The molecule has 0 aliphatic rings. The van der Waals surface area contributed by atoms with E-state index in [2.05, 4.69) is 51.3 Å². The summed E-state index contributed by atoms with van der Waals surface area (Å²) in [6.07, 6.45) is 1.97. The highest BCUT2D eigenvalue weighted by Crippen LogP contribution is 2.18. The van der Waals surface area contributed by atoms with Gasteiger partial charge in [-0.15, -0.1) is 0 Å². The molecule has 136 valence electrons. The third-order valence-electron chi connectivity index (χ3n) is 3.96. The van der Waals surface area contributed by atoms with Gasteiger partial charge in [0.25, 0.3) is 0 Å². The predicted molar refractivity (Wildman–Crippen MR) is 104 cm³/mol. The van der Waals surface area contributed by atoms with Gasteiger partial charge in [0.1, 0.15) is 5.82 Å². The molecule has 0 aliphatic heterocycles. The molecule has 0 amide bonds. The van der Waals surface area contributed by atoms with E-state index >= 15 is 0 Å². The second kappa shape index (κ2) is 7.51. The van der Waals surface area contributed by atoms with Crippen LogP contribution < -0.4 is 10.2 Å². The van der Waals surface area contributed by atoms with Gasteiger partial charge in [-0.05, 0) is 24.6 Å². The minimum atomic E-state index is 0.233. The molecule has 0 saturated carbocycles. The van der Waals surface area contributed by atoms with E-state index in [1.165, 1.54) is 0 Å². The third kappa shape index (κ3) is 3.99. The predicted octanol–water partition coefficient (Wildman–Crippen LogP) is 3.17. The standard InChI is InChI=1S/C19H25N7/c1-13(2)17-21-18(23-19(22-17)25(4)5)20-12-15-8-6-7-9-16(15)26-11-10-14(3)24-26/h6-11,13H,12H2,1-5H3,(H,20,21,22,23). The van der Waals surface area contributed by atoms with Gasteiger partial charge in [-0.3, -0.25) is 0 Å². The average Bonchev–Trinajstić information content (AvgIpc) is 3.06. The molecule has 1 aromatic carbocycles. The Bertz CT molecular complexity index is 857. The molecule has 3 rings (SSSR count). The van der Waals surface area contributed by atoms with Crippen molar-refractivity contribution >= 4 is 11.9 Å². The molecule has 26 heavy (non-hydrogen) atoms. The van der Waals surface area contributed by atoms with Crippen LogP contribution in [0.3, 0.4) is 0 Å². The number of nitrogens with one attached hydrogen (secondary N) is 1. The number of nitrogens with zero attached hydrogens (tertiary/aromatic N) is 6. The minimum absolute atomic E-state index is 0.233. The first-order valence-corrected chi connectivity index (χ1v) is 8.71. The number of hydrogen-bond donors (Lipinski definition) is 1. The number of hydrogen-bond acceptors (Lipinski definition) is 6. The van der Waals surface area contributed by atoms with Gasteiger partial charge in [0.15, 0.2) is 0 Å². The summed E-state index contributed by atoms with van der Waals surface area (Å²) in [5, 5.41) is 7.85. The zero-order valence-corrected chi connectivity index (χ0v) is 15.9. The maximum atomic E-state index is 4.55. The van der Waals surface area contributed by atoms with Crippen LogP contribution in [-0.4, -0.2) is 38.8 Å². The molecule has 2 aromatic heterocycles. The fourth-order valence-corrected chi connectivity index (χ4v) is 2.53. The van der Waals surface area contributed by atoms with Crippen LogP contribution in [-0.2, 0) is 6.54 Å². The topological polar surface area (TPSA) is 71.8 Å². The number of para-hydroxylation sites is 1. The molecule has 0 unspecified atom stereocenters. The maximum absolute atomic E-state index is 4.55. The summed E-state index contributed by atoms with van der Waals surface area (Å²) in [4.78, 5) is 15.5. The molecule has 0 fully saturated rings. The Balaban J connectivity index is 1.86. The van der Waals surface area contributed by atoms with Gasteiger partial charge < -0.3 is 10.2 Å². The Labute approximate surface area is 154 Å². The van der Waals surface area contributed by atoms with Crippen LogP contribution in [0.2, 0.25) is 0 Å². The Kier molecular flexibility index (Phi) is 5.16. The summed E-state index contributed by atoms with van der Waals surface area (Å²) in [5.41, 5.74) is 3.15. The van der Waals surface area contributed by atoms with Crippen molar-refractivity contribution in [3.63, 3.8) is 0 Å². The van der Waals surface area contributed by atoms with Gasteiger partial charge in [-0.25, -0.2) is 4.68 Å². The third-order valence-corrected chi connectivity index (χ3v) is 3.96. The molecule has 0 bridgehead atoms. The zero-order valence-electron chi connectivity index (χ0n) is 15.9. The maximum Gasteiger partial charge on any atom is 0.229 e. The van der Waals surface area contributed by atoms with Gasteiger partial charge in [0, 0.05) is 32.8 Å². The molecule has 3 aromatic rings. The molecule has 0 saturated heterocycles. The van der Waals surface area contributed by atoms with Crippen LogP contribution >= 0.6 is 0 Å². The summed E-state index contributed by atoms with van der Waals surface area (Å²) in [6.45, 7) is 6.74. The number of aryl methyl sites for hydroxylation is 1. The lowest BCUT2D eigenvalue weighted by molar-refractivity contribution is 0.753. The Morgan fingerprint density at radius 1 is 1.08 bits per heavy atom. The van der Waals surface area contributed by atoms with Crippen LogP contribution in [0.4, 0.5) is 11.9 Å². The van der Waals surface area contributed by atoms with Crippen molar-refractivity contribution < 1.29 is 0 Å². The SMILES string of the molecule is Cc1ccn(-c2ccccc2CNc2nc(C(C)C)nc(N(C)C)n2)n1. The van der Waals surface area contributed by atoms with E-state index in [9.17, 15) is 0 Å². The fraction of sp³-hybridized carbons (Fsp3) is 0.368. The van der Waals surface area contributed by atoms with Crippen molar-refractivity contribution in [3.05, 3.63) is 53.6 Å². The molecule has 0 atom stereocenters. The fourth-order valence-electron chi connectivity index (χ4n) is 2.53. The highest BCUT2D eigenvalue weighted by Gasteiger charge is 2.12. The zero-order chi connectivity index (χ0) is 18.7. The smallest absolute Gasteiger partial charge is 0.229 e. The summed E-state index contributed by atoms with van der Waals surface area (Å²) in [7, 11) is 3.86. The quantitative estimate of drug-likeness (QED) is 0.735. The molecular weight excluding hydrogens is 326 g/mol. The van der Waals surface area contributed by atoms with E-state index in [1.54, 1.807) is 0 Å². The van der Waals surface area contributed by atoms with Crippen LogP contribution in [0.15, 0.2) is 36.5 Å². The lowest BCUT2D eigenvalue weighted by Crippen LogP contribution is -2.17. The number of anilines is 2. The van der Waals surface area contributed by atoms with Crippen LogP contribution in [0, 0.1) is 6.92 Å². The van der Waals surface area contributed by atoms with Crippen LogP contribution in [0.1, 0.15) is 36.8 Å². The number of rotatable bonds is 6. The minimum Gasteiger partial charge on any atom is -0.350 e. The molecular formula is C19H25N7. The molecule has 0 spiro atoms. The first-order chi connectivity index (χ1) is 12.4. The normalized spacial score (nSPS) is 11.0. The van der Waals surface area contributed by atoms with E-state index < -0.39 is 0 Å². The lowest BCUT2D eigenvalue weighted by Gasteiger charge is -2.15. The monoisotopic (exact) mass is 351 g/mol. The molecule has 1 N–H and O–H groups in total. The summed E-state index contributed by atoms with van der Waals surface area (Å²) >= 11 is 0. The van der Waals surface area contributed by atoms with Crippen molar-refractivity contribution in [1.82, 2.24) is 24.7 Å². The van der Waals surface area contributed by atoms with Crippen molar-refractivity contribution in [2.45, 2.75) is 33.2 Å². The van der Waals surface area contributed by atoms with Crippen molar-refractivity contribution in [3.8, 4) is 5.69 Å². The van der Waals surface area contributed by atoms with E-state index in [4.69, 9.17) is 0 Å². The molecule has 2 heterocycles. The van der Waals surface area contributed by atoms with E-state index in [1.807, 2.05) is 55.0 Å². The Morgan fingerprint density at radius 2 is 1.85 bits per heavy atom. The number of benzene rings is 1. The van der Waals surface area contributed by atoms with Gasteiger partial charge in [0.05, 0.1) is 11.4 Å². The second-order valence-corrected chi connectivity index (χ2v) is 6.75. The Hall–Kier alpha value is -2.96. The molecule has 7 nitrogen and oxygen atoms in total. The summed E-state index contributed by atoms with van der Waals surface area (Å²) in [6, 6.07) is 10.2. The number of aromatic nitrogens is 5. The van der Waals surface area contributed by atoms with E-state index in [0.717, 1.165) is 22.8 Å². The van der Waals surface area contributed by atoms with Gasteiger partial charge in [-0.2, -0.15) is 20.1 Å². The van der Waals surface area contributed by atoms with Crippen molar-refractivity contribution in [2.75, 3.05) is 24.3 Å². The molecule has 0 radical (unpaired) electrons. The first-order valence-electron chi connectivity index (χ1n) is 8.71. The van der Waals surface area contributed by atoms with Gasteiger partial charge in [0.2, 0.25) is 11.9 Å². The van der Waals surface area contributed by atoms with Crippen LogP contribution in [0.5, 0.6) is 0 Å². The molecule has 7 heteroatoms. The van der Waals surface area contributed by atoms with Gasteiger partial charge in [-0.1, -0.05) is 32.0 Å². The van der Waals surface area contributed by atoms with Gasteiger partial charge >= 0.3 is 0 Å². The summed E-state index contributed by atoms with van der Waals surface area (Å²) in [5.74, 6) is 2.25. The molecule has 0 aliphatic carbocycles. The van der Waals surface area contributed by atoms with Crippen molar-refractivity contribution in [2.24, 2.45) is 0 Å².